The molecular weight excluding hydrogens is 316 g/mol. The molecule has 0 spiro atoms. The molecule has 1 aromatic carbocycles. The van der Waals surface area contributed by atoms with E-state index in [1.54, 1.807) is 23.1 Å². The fourth-order valence-corrected chi connectivity index (χ4v) is 2.68. The number of nitriles is 1. The summed E-state index contributed by atoms with van der Waals surface area (Å²) in [6, 6.07) is 7.52. The number of halogens is 2. The minimum absolute atomic E-state index is 0.0312. The van der Waals surface area contributed by atoms with E-state index in [0.717, 1.165) is 12.8 Å². The third-order valence-corrected chi connectivity index (χ3v) is 3.77. The van der Waals surface area contributed by atoms with Crippen LogP contribution in [0.1, 0.15) is 29.6 Å². The first-order valence-corrected chi connectivity index (χ1v) is 6.93. The summed E-state index contributed by atoms with van der Waals surface area (Å²) in [5, 5.41) is 9.24. The van der Waals surface area contributed by atoms with Crippen LogP contribution in [0.3, 0.4) is 0 Å². The molecule has 2 rings (SSSR count). The Bertz CT molecular complexity index is 508. The van der Waals surface area contributed by atoms with Gasteiger partial charge in [0.15, 0.2) is 0 Å². The second-order valence-electron chi connectivity index (χ2n) is 4.26. The van der Waals surface area contributed by atoms with Gasteiger partial charge in [0.1, 0.15) is 0 Å². The fourth-order valence-electron chi connectivity index (χ4n) is 1.82. The van der Waals surface area contributed by atoms with Crippen LogP contribution in [0.15, 0.2) is 22.7 Å². The summed E-state index contributed by atoms with van der Waals surface area (Å²) in [6.07, 6.45) is 2.43. The molecule has 0 saturated heterocycles. The summed E-state index contributed by atoms with van der Waals surface area (Å²) >= 11 is 9.22. The molecule has 0 atom stereocenters. The van der Waals surface area contributed by atoms with E-state index in [1.165, 1.54) is 0 Å². The van der Waals surface area contributed by atoms with Gasteiger partial charge in [-0.1, -0.05) is 11.6 Å². The van der Waals surface area contributed by atoms with Crippen LogP contribution in [0.2, 0.25) is 5.02 Å². The standard InChI is InChI=1S/C13H12BrClN2O/c14-12-8-9(15)2-5-11(12)13(18)17(7-1-6-16)10-3-4-10/h2,5,8,10H,1,3-4,7H2. The summed E-state index contributed by atoms with van der Waals surface area (Å²) < 4.78 is 0.697. The largest absolute Gasteiger partial charge is 0.335 e. The zero-order valence-corrected chi connectivity index (χ0v) is 12.0. The van der Waals surface area contributed by atoms with Gasteiger partial charge in [-0.3, -0.25) is 4.79 Å². The third-order valence-electron chi connectivity index (χ3n) is 2.87. The van der Waals surface area contributed by atoms with Crippen molar-refractivity contribution in [1.29, 1.82) is 5.26 Å². The highest BCUT2D eigenvalue weighted by molar-refractivity contribution is 9.10. The molecule has 0 N–H and O–H groups in total. The molecule has 0 aromatic heterocycles. The lowest BCUT2D eigenvalue weighted by molar-refractivity contribution is 0.0746. The molecule has 18 heavy (non-hydrogen) atoms. The number of hydrogen-bond acceptors (Lipinski definition) is 2. The van der Waals surface area contributed by atoms with Crippen molar-refractivity contribution >= 4 is 33.4 Å². The normalized spacial score (nSPS) is 14.1. The van der Waals surface area contributed by atoms with Gasteiger partial charge in [-0.15, -0.1) is 0 Å². The van der Waals surface area contributed by atoms with Crippen molar-refractivity contribution in [2.75, 3.05) is 6.54 Å². The molecule has 5 heteroatoms. The molecule has 3 nitrogen and oxygen atoms in total. The molecule has 0 aliphatic heterocycles. The topological polar surface area (TPSA) is 44.1 Å². The summed E-state index contributed by atoms with van der Waals surface area (Å²) in [6.45, 7) is 0.495. The van der Waals surface area contributed by atoms with Gasteiger partial charge in [-0.05, 0) is 47.0 Å². The predicted octanol–water partition coefficient (Wildman–Crippen LogP) is 3.62. The van der Waals surface area contributed by atoms with E-state index in [2.05, 4.69) is 22.0 Å². The quantitative estimate of drug-likeness (QED) is 0.847. The van der Waals surface area contributed by atoms with Crippen molar-refractivity contribution in [3.05, 3.63) is 33.3 Å². The summed E-state index contributed by atoms with van der Waals surface area (Å²) in [4.78, 5) is 14.2. The van der Waals surface area contributed by atoms with Crippen molar-refractivity contribution in [2.45, 2.75) is 25.3 Å². The smallest absolute Gasteiger partial charge is 0.255 e. The van der Waals surface area contributed by atoms with Crippen LogP contribution in [0, 0.1) is 11.3 Å². The minimum Gasteiger partial charge on any atom is -0.335 e. The molecule has 1 aromatic rings. The highest BCUT2D eigenvalue weighted by Gasteiger charge is 2.33. The Kier molecular flexibility index (Phi) is 4.26. The van der Waals surface area contributed by atoms with E-state index in [9.17, 15) is 4.79 Å². The van der Waals surface area contributed by atoms with Crippen LogP contribution in [-0.2, 0) is 0 Å². The summed E-state index contributed by atoms with van der Waals surface area (Å²) in [5.74, 6) is -0.0312. The maximum absolute atomic E-state index is 12.4. The van der Waals surface area contributed by atoms with Crippen molar-refractivity contribution < 1.29 is 4.79 Å². The van der Waals surface area contributed by atoms with Gasteiger partial charge < -0.3 is 4.90 Å². The van der Waals surface area contributed by atoms with Crippen molar-refractivity contribution in [3.63, 3.8) is 0 Å². The number of nitrogens with zero attached hydrogens (tertiary/aromatic N) is 2. The molecule has 1 amide bonds. The average Bonchev–Trinajstić information content (AvgIpc) is 3.13. The lowest BCUT2D eigenvalue weighted by Crippen LogP contribution is -2.34. The van der Waals surface area contributed by atoms with Crippen LogP contribution >= 0.6 is 27.5 Å². The maximum atomic E-state index is 12.4. The van der Waals surface area contributed by atoms with E-state index >= 15 is 0 Å². The van der Waals surface area contributed by atoms with E-state index in [1.807, 2.05) is 0 Å². The lowest BCUT2D eigenvalue weighted by Gasteiger charge is -2.21. The molecule has 0 unspecified atom stereocenters. The number of rotatable bonds is 4. The Balaban J connectivity index is 2.19. The van der Waals surface area contributed by atoms with Crippen molar-refractivity contribution in [3.8, 4) is 6.07 Å². The molecule has 0 bridgehead atoms. The molecule has 0 heterocycles. The van der Waals surface area contributed by atoms with Gasteiger partial charge in [0.2, 0.25) is 0 Å². The average molecular weight is 328 g/mol. The number of carbonyl (C=O) groups excluding carboxylic acids is 1. The Hall–Kier alpha value is -1.05. The van der Waals surface area contributed by atoms with Crippen molar-refractivity contribution in [1.82, 2.24) is 4.90 Å². The predicted molar refractivity (Wildman–Crippen MR) is 73.4 cm³/mol. The van der Waals surface area contributed by atoms with E-state index < -0.39 is 0 Å². The number of benzene rings is 1. The van der Waals surface area contributed by atoms with E-state index in [4.69, 9.17) is 16.9 Å². The molecular formula is C13H12BrClN2O. The number of hydrogen-bond donors (Lipinski definition) is 0. The van der Waals surface area contributed by atoms with Crippen LogP contribution in [-0.4, -0.2) is 23.4 Å². The first-order valence-electron chi connectivity index (χ1n) is 5.76. The van der Waals surface area contributed by atoms with Gasteiger partial charge in [0.25, 0.3) is 5.91 Å². The lowest BCUT2D eigenvalue weighted by atomic mass is 10.2. The zero-order chi connectivity index (χ0) is 13.1. The van der Waals surface area contributed by atoms with E-state index in [-0.39, 0.29) is 5.91 Å². The van der Waals surface area contributed by atoms with Crippen molar-refractivity contribution in [2.24, 2.45) is 0 Å². The van der Waals surface area contributed by atoms with Crippen LogP contribution < -0.4 is 0 Å². The Labute approximate surface area is 119 Å². The highest BCUT2D eigenvalue weighted by Crippen LogP contribution is 2.30. The Morgan fingerprint density at radius 2 is 2.28 bits per heavy atom. The summed E-state index contributed by atoms with van der Waals surface area (Å²) in [7, 11) is 0. The van der Waals surface area contributed by atoms with Gasteiger partial charge >= 0.3 is 0 Å². The van der Waals surface area contributed by atoms with Gasteiger partial charge in [-0.25, -0.2) is 0 Å². The van der Waals surface area contributed by atoms with Gasteiger partial charge in [-0.2, -0.15) is 5.26 Å². The van der Waals surface area contributed by atoms with Gasteiger partial charge in [0, 0.05) is 22.1 Å². The molecule has 1 fully saturated rings. The number of amides is 1. The summed E-state index contributed by atoms with van der Waals surface area (Å²) in [5.41, 5.74) is 0.601. The first kappa shape index (κ1) is 13.4. The number of carbonyl (C=O) groups is 1. The van der Waals surface area contributed by atoms with E-state index in [0.29, 0.717) is 34.1 Å². The maximum Gasteiger partial charge on any atom is 0.255 e. The highest BCUT2D eigenvalue weighted by atomic mass is 79.9. The Morgan fingerprint density at radius 3 is 2.83 bits per heavy atom. The first-order chi connectivity index (χ1) is 8.63. The molecule has 0 radical (unpaired) electrons. The second kappa shape index (κ2) is 5.73. The fraction of sp³-hybridized carbons (Fsp3) is 0.385. The van der Waals surface area contributed by atoms with Crippen LogP contribution in [0.5, 0.6) is 0 Å². The van der Waals surface area contributed by atoms with Crippen LogP contribution in [0.4, 0.5) is 0 Å². The minimum atomic E-state index is -0.0312. The second-order valence-corrected chi connectivity index (χ2v) is 5.55. The molecule has 1 aliphatic rings. The molecule has 1 aliphatic carbocycles. The monoisotopic (exact) mass is 326 g/mol. The van der Waals surface area contributed by atoms with Crippen LogP contribution in [0.25, 0.3) is 0 Å². The third kappa shape index (κ3) is 3.04. The Morgan fingerprint density at radius 1 is 1.56 bits per heavy atom. The van der Waals surface area contributed by atoms with Gasteiger partial charge in [0.05, 0.1) is 18.1 Å². The zero-order valence-electron chi connectivity index (χ0n) is 9.70. The SMILES string of the molecule is N#CCCN(C(=O)c1ccc(Cl)cc1Br)C1CC1. The molecule has 94 valence electrons. The molecule has 1 saturated carbocycles.